The molecule has 0 spiro atoms. The Morgan fingerprint density at radius 3 is 1.75 bits per heavy atom. The molecule has 0 amide bonds. The zero-order chi connectivity index (χ0) is 12.5. The average Bonchev–Trinajstić information content (AvgIpc) is 2.23. The smallest absolute Gasteiger partial charge is 0.303 e. The molecule has 0 aromatic carbocycles. The fourth-order valence-electron chi connectivity index (χ4n) is 1.78. The third-order valence-corrected chi connectivity index (χ3v) is 2.62. The quantitative estimate of drug-likeness (QED) is 0.388. The van der Waals surface area contributed by atoms with Crippen molar-refractivity contribution in [2.75, 3.05) is 7.11 Å². The molecule has 1 aliphatic carbocycles. The summed E-state index contributed by atoms with van der Waals surface area (Å²) in [5.41, 5.74) is 0. The molecule has 1 rings (SSSR count). The zero-order valence-electron chi connectivity index (χ0n) is 8.98. The molecule has 1 saturated carbocycles. The Morgan fingerprint density at radius 1 is 0.938 bits per heavy atom. The van der Waals surface area contributed by atoms with Crippen LogP contribution < -0.4 is 0 Å². The van der Waals surface area contributed by atoms with Crippen LogP contribution >= 0.6 is 0 Å². The number of rotatable bonds is 2. The van der Waals surface area contributed by atoms with E-state index in [4.69, 9.17) is 9.47 Å². The molecule has 1 aliphatic rings. The molecule has 0 heterocycles. The van der Waals surface area contributed by atoms with Gasteiger partial charge >= 0.3 is 5.97 Å². The molecular weight excluding hydrogens is 220 g/mol. The lowest BCUT2D eigenvalue weighted by Gasteiger charge is -2.42. The summed E-state index contributed by atoms with van der Waals surface area (Å²) >= 11 is 0. The van der Waals surface area contributed by atoms with Crippen molar-refractivity contribution < 1.29 is 34.7 Å². The first kappa shape index (κ1) is 13.3. The molecule has 0 aliphatic heterocycles. The van der Waals surface area contributed by atoms with E-state index in [-0.39, 0.29) is 0 Å². The predicted molar refractivity (Wildman–Crippen MR) is 50.4 cm³/mol. The van der Waals surface area contributed by atoms with E-state index < -0.39 is 42.6 Å². The Kier molecular flexibility index (Phi) is 4.22. The average molecular weight is 236 g/mol. The highest BCUT2D eigenvalue weighted by Gasteiger charge is 2.50. The van der Waals surface area contributed by atoms with Gasteiger partial charge in [-0.3, -0.25) is 4.79 Å². The predicted octanol–water partition coefficient (Wildman–Crippen LogP) is -2.61. The van der Waals surface area contributed by atoms with Crippen LogP contribution in [0.1, 0.15) is 6.92 Å². The van der Waals surface area contributed by atoms with Crippen LogP contribution in [0.4, 0.5) is 0 Å². The van der Waals surface area contributed by atoms with Crippen LogP contribution in [-0.4, -0.2) is 70.1 Å². The van der Waals surface area contributed by atoms with E-state index in [1.807, 2.05) is 0 Å². The number of aliphatic hydroxyl groups excluding tert-OH is 4. The molecule has 6 unspecified atom stereocenters. The van der Waals surface area contributed by atoms with Gasteiger partial charge in [-0.2, -0.15) is 0 Å². The van der Waals surface area contributed by atoms with Crippen molar-refractivity contribution in [3.63, 3.8) is 0 Å². The van der Waals surface area contributed by atoms with Gasteiger partial charge in [0.2, 0.25) is 0 Å². The lowest BCUT2D eigenvalue weighted by Crippen LogP contribution is -2.65. The fourth-order valence-corrected chi connectivity index (χ4v) is 1.78. The third kappa shape index (κ3) is 2.33. The second kappa shape index (κ2) is 5.07. The SMILES string of the molecule is COC1C(O)C(O)C(O)C(O)C1OC(C)=O. The molecule has 16 heavy (non-hydrogen) atoms. The van der Waals surface area contributed by atoms with Gasteiger partial charge in [0, 0.05) is 14.0 Å². The van der Waals surface area contributed by atoms with Crippen LogP contribution in [0.2, 0.25) is 0 Å². The molecule has 7 nitrogen and oxygen atoms in total. The van der Waals surface area contributed by atoms with Crippen molar-refractivity contribution in [1.82, 2.24) is 0 Å². The maximum atomic E-state index is 10.8. The van der Waals surface area contributed by atoms with Crippen LogP contribution in [0.15, 0.2) is 0 Å². The molecule has 94 valence electrons. The van der Waals surface area contributed by atoms with Crippen LogP contribution in [-0.2, 0) is 14.3 Å². The van der Waals surface area contributed by atoms with E-state index in [9.17, 15) is 25.2 Å². The van der Waals surface area contributed by atoms with E-state index >= 15 is 0 Å². The molecule has 7 heteroatoms. The molecule has 0 saturated heterocycles. The highest BCUT2D eigenvalue weighted by atomic mass is 16.6. The van der Waals surface area contributed by atoms with E-state index in [0.29, 0.717) is 0 Å². The highest BCUT2D eigenvalue weighted by Crippen LogP contribution is 2.25. The topological polar surface area (TPSA) is 116 Å². The summed E-state index contributed by atoms with van der Waals surface area (Å²) in [5, 5.41) is 38.0. The van der Waals surface area contributed by atoms with Crippen molar-refractivity contribution in [2.24, 2.45) is 0 Å². The van der Waals surface area contributed by atoms with Gasteiger partial charge in [0.1, 0.15) is 30.5 Å². The lowest BCUT2D eigenvalue weighted by atomic mass is 9.84. The zero-order valence-corrected chi connectivity index (χ0v) is 8.98. The van der Waals surface area contributed by atoms with Crippen LogP contribution in [0.5, 0.6) is 0 Å². The van der Waals surface area contributed by atoms with E-state index in [2.05, 4.69) is 0 Å². The fraction of sp³-hybridized carbons (Fsp3) is 0.889. The van der Waals surface area contributed by atoms with Gasteiger partial charge in [0.05, 0.1) is 0 Å². The van der Waals surface area contributed by atoms with Gasteiger partial charge in [-0.05, 0) is 0 Å². The summed E-state index contributed by atoms with van der Waals surface area (Å²) in [4.78, 5) is 10.8. The van der Waals surface area contributed by atoms with Gasteiger partial charge in [0.25, 0.3) is 0 Å². The van der Waals surface area contributed by atoms with Gasteiger partial charge in [0.15, 0.2) is 6.10 Å². The van der Waals surface area contributed by atoms with Crippen LogP contribution in [0.3, 0.4) is 0 Å². The van der Waals surface area contributed by atoms with Gasteiger partial charge in [-0.15, -0.1) is 0 Å². The molecular formula is C9H16O7. The first-order valence-electron chi connectivity index (χ1n) is 4.82. The van der Waals surface area contributed by atoms with Crippen LogP contribution in [0, 0.1) is 0 Å². The monoisotopic (exact) mass is 236 g/mol. The largest absolute Gasteiger partial charge is 0.457 e. The van der Waals surface area contributed by atoms with Crippen LogP contribution in [0.25, 0.3) is 0 Å². The first-order valence-corrected chi connectivity index (χ1v) is 4.82. The summed E-state index contributed by atoms with van der Waals surface area (Å²) in [7, 11) is 1.24. The number of ether oxygens (including phenoxy) is 2. The molecule has 0 aromatic rings. The van der Waals surface area contributed by atoms with Gasteiger partial charge < -0.3 is 29.9 Å². The third-order valence-electron chi connectivity index (χ3n) is 2.62. The number of carbonyl (C=O) groups is 1. The van der Waals surface area contributed by atoms with E-state index in [1.54, 1.807) is 0 Å². The number of esters is 1. The second-order valence-electron chi connectivity index (χ2n) is 3.74. The Bertz CT molecular complexity index is 256. The molecule has 4 N–H and O–H groups in total. The van der Waals surface area contributed by atoms with Crippen molar-refractivity contribution in [1.29, 1.82) is 0 Å². The van der Waals surface area contributed by atoms with Crippen molar-refractivity contribution in [3.05, 3.63) is 0 Å². The summed E-state index contributed by atoms with van der Waals surface area (Å²) in [6, 6.07) is 0. The maximum absolute atomic E-state index is 10.8. The number of hydrogen-bond donors (Lipinski definition) is 4. The van der Waals surface area contributed by atoms with Crippen molar-refractivity contribution in [2.45, 2.75) is 43.5 Å². The Balaban J connectivity index is 2.88. The number of carbonyl (C=O) groups excluding carboxylic acids is 1. The number of aliphatic hydroxyl groups is 4. The summed E-state index contributed by atoms with van der Waals surface area (Å²) < 4.78 is 9.60. The summed E-state index contributed by atoms with van der Waals surface area (Å²) in [6.45, 7) is 1.13. The summed E-state index contributed by atoms with van der Waals surface area (Å²) in [6.07, 6.45) is -8.38. The lowest BCUT2D eigenvalue weighted by molar-refractivity contribution is -0.238. The maximum Gasteiger partial charge on any atom is 0.303 e. The highest BCUT2D eigenvalue weighted by molar-refractivity contribution is 5.66. The van der Waals surface area contributed by atoms with Crippen molar-refractivity contribution >= 4 is 5.97 Å². The Hall–Kier alpha value is -0.730. The second-order valence-corrected chi connectivity index (χ2v) is 3.74. The summed E-state index contributed by atoms with van der Waals surface area (Å²) in [5.74, 6) is -0.679. The molecule has 1 fully saturated rings. The normalized spacial score (nSPS) is 44.1. The Morgan fingerprint density at radius 2 is 1.38 bits per heavy atom. The molecule has 0 bridgehead atoms. The molecule has 0 aromatic heterocycles. The minimum absolute atomic E-state index is 0.679. The van der Waals surface area contributed by atoms with Gasteiger partial charge in [-0.1, -0.05) is 0 Å². The van der Waals surface area contributed by atoms with E-state index in [0.717, 1.165) is 6.92 Å². The first-order chi connectivity index (χ1) is 7.40. The minimum Gasteiger partial charge on any atom is -0.457 e. The standard InChI is InChI=1S/C9H16O7/c1-3(10)16-9-7(14)5(12)4(11)6(13)8(9)15-2/h4-9,11-14H,1-2H3. The van der Waals surface area contributed by atoms with Gasteiger partial charge in [-0.25, -0.2) is 0 Å². The number of methoxy groups -OCH3 is 1. The van der Waals surface area contributed by atoms with Crippen molar-refractivity contribution in [3.8, 4) is 0 Å². The minimum atomic E-state index is -1.59. The molecule has 0 radical (unpaired) electrons. The number of hydrogen-bond acceptors (Lipinski definition) is 7. The molecule has 6 atom stereocenters. The van der Waals surface area contributed by atoms with E-state index in [1.165, 1.54) is 7.11 Å². The Labute approximate surface area is 92.2 Å².